The molecule has 0 saturated carbocycles. The Morgan fingerprint density at radius 1 is 1.43 bits per heavy atom. The summed E-state index contributed by atoms with van der Waals surface area (Å²) in [6.07, 6.45) is 0.699. The molecule has 0 aromatic heterocycles. The summed E-state index contributed by atoms with van der Waals surface area (Å²) in [6, 6.07) is 4.47. The van der Waals surface area contributed by atoms with Gasteiger partial charge in [0.15, 0.2) is 0 Å². The molecule has 1 aliphatic rings. The minimum Gasteiger partial charge on any atom is -0.497 e. The molecule has 1 aromatic carbocycles. The van der Waals surface area contributed by atoms with Crippen LogP contribution in [0.4, 0.5) is 0 Å². The van der Waals surface area contributed by atoms with Gasteiger partial charge in [-0.15, -0.1) is 0 Å². The molecule has 0 radical (unpaired) electrons. The van der Waals surface area contributed by atoms with Gasteiger partial charge in [0, 0.05) is 20.1 Å². The van der Waals surface area contributed by atoms with Crippen molar-refractivity contribution >= 4 is 11.9 Å². The van der Waals surface area contributed by atoms with Gasteiger partial charge in [0.1, 0.15) is 24.1 Å². The zero-order chi connectivity index (χ0) is 16.8. The third-order valence-electron chi connectivity index (χ3n) is 3.77. The molecule has 2 rings (SSSR count). The molecule has 2 atom stereocenters. The number of hydrogen-bond acceptors (Lipinski definition) is 5. The fraction of sp³-hybridized carbons (Fsp3) is 0.500. The number of benzene rings is 1. The smallest absolute Gasteiger partial charge is 0.326 e. The summed E-state index contributed by atoms with van der Waals surface area (Å²) in [5, 5.41) is 11.7. The van der Waals surface area contributed by atoms with Gasteiger partial charge in [-0.25, -0.2) is 4.79 Å². The van der Waals surface area contributed by atoms with Crippen LogP contribution in [0.1, 0.15) is 12.0 Å². The minimum atomic E-state index is -1.07. The zero-order valence-electron chi connectivity index (χ0n) is 13.2. The van der Waals surface area contributed by atoms with Crippen molar-refractivity contribution < 1.29 is 28.9 Å². The molecule has 23 heavy (non-hydrogen) atoms. The molecule has 7 heteroatoms. The number of methoxy groups -OCH3 is 2. The Bertz CT molecular complexity index is 574. The van der Waals surface area contributed by atoms with E-state index in [0.717, 1.165) is 11.3 Å². The summed E-state index contributed by atoms with van der Waals surface area (Å²) in [6.45, 7) is 0.486. The number of carboxylic acid groups (broad SMARTS) is 1. The number of fused-ring (bicyclic) bond motifs is 1. The van der Waals surface area contributed by atoms with Crippen molar-refractivity contribution in [2.24, 2.45) is 5.92 Å². The number of nitrogens with one attached hydrogen (secondary N) is 1. The zero-order valence-corrected chi connectivity index (χ0v) is 13.2. The first-order valence-electron chi connectivity index (χ1n) is 7.37. The van der Waals surface area contributed by atoms with Crippen LogP contribution < -0.4 is 14.8 Å². The average Bonchev–Trinajstić information content (AvgIpc) is 2.56. The highest BCUT2D eigenvalue weighted by Crippen LogP contribution is 2.30. The number of aliphatic carboxylic acids is 1. The van der Waals surface area contributed by atoms with Crippen LogP contribution in [0.3, 0.4) is 0 Å². The summed E-state index contributed by atoms with van der Waals surface area (Å²) in [5.41, 5.74) is 0.875. The molecule has 1 aliphatic heterocycles. The van der Waals surface area contributed by atoms with Crippen molar-refractivity contribution in [1.29, 1.82) is 0 Å². The van der Waals surface area contributed by atoms with E-state index in [-0.39, 0.29) is 25.5 Å². The lowest BCUT2D eigenvalue weighted by molar-refractivity contribution is -0.143. The molecule has 0 bridgehead atoms. The quantitative estimate of drug-likeness (QED) is 0.773. The molecule has 1 heterocycles. The van der Waals surface area contributed by atoms with Crippen LogP contribution in [0.15, 0.2) is 18.2 Å². The second kappa shape index (κ2) is 7.82. The molecule has 0 saturated heterocycles. The van der Waals surface area contributed by atoms with Gasteiger partial charge in [0.2, 0.25) is 5.91 Å². The summed E-state index contributed by atoms with van der Waals surface area (Å²) in [4.78, 5) is 23.5. The maximum absolute atomic E-state index is 12.3. The summed E-state index contributed by atoms with van der Waals surface area (Å²) in [7, 11) is 3.06. The highest BCUT2D eigenvalue weighted by molar-refractivity contribution is 5.85. The van der Waals surface area contributed by atoms with Crippen LogP contribution >= 0.6 is 0 Å². The third kappa shape index (κ3) is 4.35. The van der Waals surface area contributed by atoms with Crippen LogP contribution in [0.2, 0.25) is 0 Å². The predicted molar refractivity (Wildman–Crippen MR) is 81.7 cm³/mol. The van der Waals surface area contributed by atoms with E-state index in [9.17, 15) is 9.59 Å². The Morgan fingerprint density at radius 2 is 2.22 bits per heavy atom. The van der Waals surface area contributed by atoms with Crippen LogP contribution in [-0.4, -0.2) is 50.5 Å². The maximum atomic E-state index is 12.3. The van der Waals surface area contributed by atoms with E-state index in [4.69, 9.17) is 19.3 Å². The predicted octanol–water partition coefficient (Wildman–Crippen LogP) is 0.852. The fourth-order valence-corrected chi connectivity index (χ4v) is 2.45. The minimum absolute atomic E-state index is 0.218. The highest BCUT2D eigenvalue weighted by atomic mass is 16.5. The fourth-order valence-electron chi connectivity index (χ4n) is 2.45. The average molecular weight is 323 g/mol. The molecular weight excluding hydrogens is 302 g/mol. The lowest BCUT2D eigenvalue weighted by atomic mass is 9.95. The highest BCUT2D eigenvalue weighted by Gasteiger charge is 2.29. The van der Waals surface area contributed by atoms with Gasteiger partial charge in [-0.2, -0.15) is 0 Å². The first-order chi connectivity index (χ1) is 11.0. The van der Waals surface area contributed by atoms with E-state index in [1.807, 2.05) is 6.07 Å². The number of carboxylic acids is 1. The van der Waals surface area contributed by atoms with E-state index in [1.54, 1.807) is 19.2 Å². The normalized spacial score (nSPS) is 17.6. The standard InChI is InChI=1S/C16H21NO6/c1-21-6-5-13(16(19)20)17-15(18)11-7-10-8-12(22-2)3-4-14(10)23-9-11/h3-4,8,11,13H,5-7,9H2,1-2H3,(H,17,18)(H,19,20). The van der Waals surface area contributed by atoms with Crippen LogP contribution in [0.25, 0.3) is 0 Å². The van der Waals surface area contributed by atoms with Crippen LogP contribution in [0.5, 0.6) is 11.5 Å². The summed E-state index contributed by atoms with van der Waals surface area (Å²) >= 11 is 0. The summed E-state index contributed by atoms with van der Waals surface area (Å²) < 4.78 is 15.6. The number of carbonyl (C=O) groups excluding carboxylic acids is 1. The lowest BCUT2D eigenvalue weighted by Crippen LogP contribution is -2.46. The Morgan fingerprint density at radius 3 is 2.87 bits per heavy atom. The lowest BCUT2D eigenvalue weighted by Gasteiger charge is -2.26. The molecule has 0 spiro atoms. The van der Waals surface area contributed by atoms with Gasteiger partial charge in [0.05, 0.1) is 13.0 Å². The molecule has 1 amide bonds. The van der Waals surface area contributed by atoms with E-state index < -0.39 is 17.9 Å². The number of amides is 1. The van der Waals surface area contributed by atoms with Gasteiger partial charge in [0.25, 0.3) is 0 Å². The Labute approximate surface area is 134 Å². The van der Waals surface area contributed by atoms with Crippen molar-refractivity contribution in [2.75, 3.05) is 27.4 Å². The second-order valence-corrected chi connectivity index (χ2v) is 5.37. The van der Waals surface area contributed by atoms with E-state index >= 15 is 0 Å². The number of rotatable bonds is 7. The number of ether oxygens (including phenoxy) is 3. The monoisotopic (exact) mass is 323 g/mol. The number of hydrogen-bond donors (Lipinski definition) is 2. The Hall–Kier alpha value is -2.28. The van der Waals surface area contributed by atoms with Gasteiger partial charge in [-0.3, -0.25) is 4.79 Å². The first kappa shape index (κ1) is 17.1. The molecule has 0 fully saturated rings. The van der Waals surface area contributed by atoms with Gasteiger partial charge >= 0.3 is 5.97 Å². The van der Waals surface area contributed by atoms with Crippen LogP contribution in [-0.2, 0) is 20.7 Å². The van der Waals surface area contributed by atoms with Crippen molar-refractivity contribution in [3.63, 3.8) is 0 Å². The van der Waals surface area contributed by atoms with Crippen molar-refractivity contribution in [1.82, 2.24) is 5.32 Å². The van der Waals surface area contributed by atoms with Gasteiger partial charge in [-0.05, 0) is 30.2 Å². The third-order valence-corrected chi connectivity index (χ3v) is 3.77. The summed E-state index contributed by atoms with van der Waals surface area (Å²) in [5.74, 6) is -0.420. The molecule has 0 aliphatic carbocycles. The van der Waals surface area contributed by atoms with Crippen LogP contribution in [0, 0.1) is 5.92 Å². The Kier molecular flexibility index (Phi) is 5.81. The van der Waals surface area contributed by atoms with Crippen molar-refractivity contribution in [3.8, 4) is 11.5 Å². The molecular formula is C16H21NO6. The van der Waals surface area contributed by atoms with E-state index in [2.05, 4.69) is 5.32 Å². The maximum Gasteiger partial charge on any atom is 0.326 e. The SMILES string of the molecule is COCCC(NC(=O)C1COc2ccc(OC)cc2C1)C(=O)O. The van der Waals surface area contributed by atoms with E-state index in [0.29, 0.717) is 12.2 Å². The van der Waals surface area contributed by atoms with E-state index in [1.165, 1.54) is 7.11 Å². The van der Waals surface area contributed by atoms with Gasteiger partial charge < -0.3 is 24.6 Å². The van der Waals surface area contributed by atoms with Gasteiger partial charge in [-0.1, -0.05) is 0 Å². The largest absolute Gasteiger partial charge is 0.497 e. The topological polar surface area (TPSA) is 94.1 Å². The molecule has 2 unspecified atom stereocenters. The molecule has 126 valence electrons. The first-order valence-corrected chi connectivity index (χ1v) is 7.37. The second-order valence-electron chi connectivity index (χ2n) is 5.37. The molecule has 7 nitrogen and oxygen atoms in total. The van der Waals surface area contributed by atoms with Crippen molar-refractivity contribution in [3.05, 3.63) is 23.8 Å². The van der Waals surface area contributed by atoms with Crippen molar-refractivity contribution in [2.45, 2.75) is 18.9 Å². The molecule has 2 N–H and O–H groups in total. The Balaban J connectivity index is 2.01. The number of carbonyl (C=O) groups is 2. The molecule has 1 aromatic rings.